The van der Waals surface area contributed by atoms with Crippen molar-refractivity contribution in [2.75, 3.05) is 13.1 Å². The summed E-state index contributed by atoms with van der Waals surface area (Å²) in [5, 5.41) is 1.45. The first-order valence-corrected chi connectivity index (χ1v) is 12.1. The molecule has 0 amide bonds. The summed E-state index contributed by atoms with van der Waals surface area (Å²) in [4.78, 5) is 15.7. The molecule has 2 fully saturated rings. The van der Waals surface area contributed by atoms with Crippen molar-refractivity contribution in [1.29, 1.82) is 0 Å². The quantitative estimate of drug-likeness (QED) is 0.631. The maximum Gasteiger partial charge on any atom is 0.310 e. The van der Waals surface area contributed by atoms with E-state index in [0.717, 1.165) is 38.8 Å². The normalized spacial score (nSPS) is 27.4. The van der Waals surface area contributed by atoms with E-state index in [1.54, 1.807) is 0 Å². The van der Waals surface area contributed by atoms with Crippen molar-refractivity contribution >= 4 is 16.9 Å². The molecule has 2 heterocycles. The minimum Gasteiger partial charge on any atom is -0.462 e. The Hall–Kier alpha value is -1.81. The van der Waals surface area contributed by atoms with Gasteiger partial charge in [0, 0.05) is 41.6 Å². The van der Waals surface area contributed by atoms with Crippen LogP contribution in [-0.4, -0.2) is 40.7 Å². The molecule has 2 aliphatic carbocycles. The van der Waals surface area contributed by atoms with Crippen LogP contribution in [-0.2, 0) is 16.0 Å². The number of piperidine rings is 1. The third-order valence-corrected chi connectivity index (χ3v) is 7.86. The largest absolute Gasteiger partial charge is 0.462 e. The molecule has 1 aromatic heterocycles. The van der Waals surface area contributed by atoms with Gasteiger partial charge in [0.15, 0.2) is 0 Å². The van der Waals surface area contributed by atoms with Crippen LogP contribution < -0.4 is 0 Å². The molecule has 3 aliphatic rings. The highest BCUT2D eigenvalue weighted by Crippen LogP contribution is 2.46. The Morgan fingerprint density at radius 2 is 2.00 bits per heavy atom. The van der Waals surface area contributed by atoms with E-state index in [-0.39, 0.29) is 18.0 Å². The number of aromatic nitrogens is 1. The first-order chi connectivity index (χ1) is 14.6. The predicted molar refractivity (Wildman–Crippen MR) is 121 cm³/mol. The van der Waals surface area contributed by atoms with Crippen molar-refractivity contribution < 1.29 is 9.53 Å². The molecular formula is C26H36N2O2. The fourth-order valence-corrected chi connectivity index (χ4v) is 6.34. The van der Waals surface area contributed by atoms with Gasteiger partial charge in [-0.15, -0.1) is 0 Å². The standard InChI is InChI=1S/C26H36N2O2/c1-4-27-15-19(26(29)30-20-9-6-5-7-10-20)13-22-21-11-8-12-23-25(21)18(14-24(22)27)16-28(23)17(2)3/h8,11-12,16-17,19-20,22,24H,4-7,9-10,13-15H2,1-3H3/t19?,22-,24-/m1/s1. The number of carbonyl (C=O) groups is 1. The zero-order valence-electron chi connectivity index (χ0n) is 18.8. The lowest BCUT2D eigenvalue weighted by Gasteiger charge is -2.46. The number of fused-ring (bicyclic) bond motifs is 2. The fourth-order valence-electron chi connectivity index (χ4n) is 6.34. The average Bonchev–Trinajstić information content (AvgIpc) is 3.14. The molecule has 5 rings (SSSR count). The number of carbonyl (C=O) groups excluding carboxylic acids is 1. The van der Waals surface area contributed by atoms with Crippen LogP contribution >= 0.6 is 0 Å². The van der Waals surface area contributed by atoms with Crippen LogP contribution in [0.1, 0.15) is 82.4 Å². The number of esters is 1. The number of hydrogen-bond donors (Lipinski definition) is 0. The number of rotatable bonds is 4. The molecule has 1 aromatic carbocycles. The second kappa shape index (κ2) is 8.03. The molecule has 3 atom stereocenters. The zero-order valence-corrected chi connectivity index (χ0v) is 18.8. The van der Waals surface area contributed by atoms with E-state index < -0.39 is 0 Å². The van der Waals surface area contributed by atoms with Crippen LogP contribution in [0.15, 0.2) is 24.4 Å². The highest BCUT2D eigenvalue weighted by atomic mass is 16.5. The van der Waals surface area contributed by atoms with Gasteiger partial charge < -0.3 is 9.30 Å². The smallest absolute Gasteiger partial charge is 0.310 e. The predicted octanol–water partition coefficient (Wildman–Crippen LogP) is 5.45. The van der Waals surface area contributed by atoms with Crippen LogP contribution in [0.5, 0.6) is 0 Å². The van der Waals surface area contributed by atoms with Gasteiger partial charge in [0.1, 0.15) is 6.10 Å². The topological polar surface area (TPSA) is 34.5 Å². The second-order valence-electron chi connectivity index (χ2n) is 9.99. The van der Waals surface area contributed by atoms with E-state index in [2.05, 4.69) is 54.6 Å². The Kier molecular flexibility index (Phi) is 5.38. The van der Waals surface area contributed by atoms with Gasteiger partial charge in [-0.05, 0) is 76.1 Å². The van der Waals surface area contributed by atoms with Crippen molar-refractivity contribution in [2.24, 2.45) is 5.92 Å². The minimum atomic E-state index is -0.00267. The van der Waals surface area contributed by atoms with Crippen molar-refractivity contribution in [2.45, 2.75) is 89.8 Å². The summed E-state index contributed by atoms with van der Waals surface area (Å²) in [7, 11) is 0. The third kappa shape index (κ3) is 3.37. The number of nitrogens with zero attached hydrogens (tertiary/aromatic N) is 2. The molecule has 1 aliphatic heterocycles. The van der Waals surface area contributed by atoms with Gasteiger partial charge >= 0.3 is 5.97 Å². The van der Waals surface area contributed by atoms with Gasteiger partial charge in [-0.25, -0.2) is 0 Å². The van der Waals surface area contributed by atoms with Crippen molar-refractivity contribution in [3.63, 3.8) is 0 Å². The van der Waals surface area contributed by atoms with Gasteiger partial charge in [0.05, 0.1) is 5.92 Å². The lowest BCUT2D eigenvalue weighted by Crippen LogP contribution is -2.51. The van der Waals surface area contributed by atoms with Crippen LogP contribution in [0.25, 0.3) is 10.9 Å². The van der Waals surface area contributed by atoms with E-state index in [4.69, 9.17) is 4.74 Å². The molecule has 162 valence electrons. The van der Waals surface area contributed by atoms with Gasteiger partial charge in [0.2, 0.25) is 0 Å². The summed E-state index contributed by atoms with van der Waals surface area (Å²) in [5.41, 5.74) is 4.29. The lowest BCUT2D eigenvalue weighted by molar-refractivity contribution is -0.158. The van der Waals surface area contributed by atoms with Gasteiger partial charge in [-0.3, -0.25) is 9.69 Å². The maximum atomic E-state index is 13.1. The molecule has 30 heavy (non-hydrogen) atoms. The Labute approximate surface area is 180 Å². The molecule has 1 saturated heterocycles. The summed E-state index contributed by atoms with van der Waals surface area (Å²) >= 11 is 0. The van der Waals surface area contributed by atoms with E-state index in [1.165, 1.54) is 41.3 Å². The van der Waals surface area contributed by atoms with Crippen molar-refractivity contribution in [3.05, 3.63) is 35.5 Å². The number of likely N-dealkylation sites (N-methyl/N-ethyl adjacent to an activating group) is 1. The lowest BCUT2D eigenvalue weighted by atomic mass is 9.72. The highest BCUT2D eigenvalue weighted by molar-refractivity contribution is 5.89. The Balaban J connectivity index is 1.45. The van der Waals surface area contributed by atoms with E-state index in [0.29, 0.717) is 18.0 Å². The van der Waals surface area contributed by atoms with E-state index in [1.807, 2.05) is 0 Å². The third-order valence-electron chi connectivity index (χ3n) is 7.86. The molecule has 0 bridgehead atoms. The maximum absolute atomic E-state index is 13.1. The van der Waals surface area contributed by atoms with Gasteiger partial charge in [-0.1, -0.05) is 25.5 Å². The monoisotopic (exact) mass is 408 g/mol. The van der Waals surface area contributed by atoms with Crippen molar-refractivity contribution in [3.8, 4) is 0 Å². The summed E-state index contributed by atoms with van der Waals surface area (Å²) in [6, 6.07) is 7.74. The summed E-state index contributed by atoms with van der Waals surface area (Å²) < 4.78 is 8.44. The molecule has 0 radical (unpaired) electrons. The minimum absolute atomic E-state index is 0.00267. The highest BCUT2D eigenvalue weighted by Gasteiger charge is 2.43. The molecule has 0 spiro atoms. The SMILES string of the molecule is CCN1CC(C(=O)OC2CCCCC2)C[C@@H]2c3cccc4c3c(cn4C(C)C)C[C@H]21. The molecule has 4 nitrogen and oxygen atoms in total. The van der Waals surface area contributed by atoms with E-state index in [9.17, 15) is 4.79 Å². The molecule has 2 aromatic rings. The Morgan fingerprint density at radius 3 is 2.73 bits per heavy atom. The summed E-state index contributed by atoms with van der Waals surface area (Å²) in [6.45, 7) is 8.60. The zero-order chi connectivity index (χ0) is 20.8. The molecule has 4 heteroatoms. The number of benzene rings is 1. The van der Waals surface area contributed by atoms with Crippen molar-refractivity contribution in [1.82, 2.24) is 9.47 Å². The summed E-state index contributed by atoms with van der Waals surface area (Å²) in [6.07, 6.45) is 10.3. The molecule has 1 saturated carbocycles. The van der Waals surface area contributed by atoms with Crippen LogP contribution in [0.2, 0.25) is 0 Å². The second-order valence-corrected chi connectivity index (χ2v) is 9.99. The Bertz CT molecular complexity index is 925. The van der Waals surface area contributed by atoms with Gasteiger partial charge in [-0.2, -0.15) is 0 Å². The number of ether oxygens (including phenoxy) is 1. The number of likely N-dealkylation sites (tertiary alicyclic amines) is 1. The van der Waals surface area contributed by atoms with E-state index >= 15 is 0 Å². The van der Waals surface area contributed by atoms with Gasteiger partial charge in [0.25, 0.3) is 0 Å². The fraction of sp³-hybridized carbons (Fsp3) is 0.654. The van der Waals surface area contributed by atoms with Crippen LogP contribution in [0.4, 0.5) is 0 Å². The first kappa shape index (κ1) is 20.1. The first-order valence-electron chi connectivity index (χ1n) is 12.1. The average molecular weight is 409 g/mol. The summed E-state index contributed by atoms with van der Waals surface area (Å²) in [5.74, 6) is 0.468. The Morgan fingerprint density at radius 1 is 1.20 bits per heavy atom. The van der Waals surface area contributed by atoms with Crippen LogP contribution in [0.3, 0.4) is 0 Å². The molecule has 1 unspecified atom stereocenters. The molecule has 0 N–H and O–H groups in total. The number of hydrogen-bond acceptors (Lipinski definition) is 3. The van der Waals surface area contributed by atoms with Crippen LogP contribution in [0, 0.1) is 5.92 Å². The molecular weight excluding hydrogens is 372 g/mol.